The van der Waals surface area contributed by atoms with E-state index in [0.717, 1.165) is 12.1 Å². The van der Waals surface area contributed by atoms with E-state index in [9.17, 15) is 10.1 Å². The molecule has 0 aliphatic carbocycles. The lowest BCUT2D eigenvalue weighted by molar-refractivity contribution is -0.119. The summed E-state index contributed by atoms with van der Waals surface area (Å²) in [5, 5.41) is 9.30. The number of hydrogen-bond acceptors (Lipinski definition) is 3. The lowest BCUT2D eigenvalue weighted by Crippen LogP contribution is -2.38. The predicted octanol–water partition coefficient (Wildman–Crippen LogP) is 1.74. The molecule has 4 nitrogen and oxygen atoms in total. The Morgan fingerprint density at radius 3 is 2.42 bits per heavy atom. The maximum absolute atomic E-state index is 11.1. The lowest BCUT2D eigenvalue weighted by Gasteiger charge is -2.25. The van der Waals surface area contributed by atoms with Crippen LogP contribution in [0.25, 0.3) is 0 Å². The van der Waals surface area contributed by atoms with Crippen LogP contribution in [0.2, 0.25) is 0 Å². The van der Waals surface area contributed by atoms with Gasteiger partial charge in [0.1, 0.15) is 0 Å². The third kappa shape index (κ3) is 5.54. The zero-order valence-corrected chi connectivity index (χ0v) is 11.5. The molecule has 0 fully saturated rings. The topological polar surface area (TPSA) is 70.1 Å². The average molecular weight is 259 g/mol. The molecule has 0 aliphatic heterocycles. The summed E-state index contributed by atoms with van der Waals surface area (Å²) in [5.74, 6) is -0.167. The van der Waals surface area contributed by atoms with Gasteiger partial charge >= 0.3 is 0 Å². The van der Waals surface area contributed by atoms with Crippen molar-refractivity contribution in [2.75, 3.05) is 19.6 Å². The molecule has 0 aliphatic rings. The molecule has 19 heavy (non-hydrogen) atoms. The maximum atomic E-state index is 11.1. The minimum Gasteiger partial charge on any atom is -0.369 e. The molecule has 0 spiro atoms. The van der Waals surface area contributed by atoms with Gasteiger partial charge in [-0.05, 0) is 11.5 Å². The molecule has 0 bridgehead atoms. The van der Waals surface area contributed by atoms with Gasteiger partial charge in [0.15, 0.2) is 0 Å². The van der Waals surface area contributed by atoms with Crippen LogP contribution in [0.5, 0.6) is 0 Å². The van der Waals surface area contributed by atoms with Crippen LogP contribution in [0.1, 0.15) is 25.3 Å². The second-order valence-corrected chi connectivity index (χ2v) is 5.15. The van der Waals surface area contributed by atoms with Crippen molar-refractivity contribution in [3.8, 4) is 6.07 Å². The van der Waals surface area contributed by atoms with Crippen molar-refractivity contribution in [3.63, 3.8) is 0 Å². The Morgan fingerprint density at radius 2 is 1.95 bits per heavy atom. The summed E-state index contributed by atoms with van der Waals surface area (Å²) >= 11 is 0. The highest BCUT2D eigenvalue weighted by molar-refractivity contribution is 5.75. The summed E-state index contributed by atoms with van der Waals surface area (Å²) in [5.41, 5.74) is 6.24. The predicted molar refractivity (Wildman–Crippen MR) is 75.3 cm³/mol. The molecule has 1 amide bonds. The number of amides is 1. The first-order valence-electron chi connectivity index (χ1n) is 6.48. The number of benzene rings is 1. The van der Waals surface area contributed by atoms with Crippen LogP contribution in [0, 0.1) is 17.2 Å². The quantitative estimate of drug-likeness (QED) is 0.810. The van der Waals surface area contributed by atoms with Gasteiger partial charge in [-0.25, -0.2) is 0 Å². The largest absolute Gasteiger partial charge is 0.369 e. The van der Waals surface area contributed by atoms with Gasteiger partial charge in [-0.15, -0.1) is 0 Å². The summed E-state index contributed by atoms with van der Waals surface area (Å²) in [6.07, 6.45) is 0. The first-order chi connectivity index (χ1) is 9.02. The normalized spacial score (nSPS) is 12.4. The molecule has 1 rings (SSSR count). The van der Waals surface area contributed by atoms with E-state index in [2.05, 4.69) is 19.9 Å². The maximum Gasteiger partial charge on any atom is 0.231 e. The van der Waals surface area contributed by atoms with Gasteiger partial charge in [0.05, 0.1) is 18.5 Å². The summed E-state index contributed by atoms with van der Waals surface area (Å²) in [6.45, 7) is 5.65. The Balaban J connectivity index is 2.75. The Labute approximate surface area is 114 Å². The molecule has 1 atom stereocenters. The number of nitrogens with two attached hydrogens (primary N) is 1. The summed E-state index contributed by atoms with van der Waals surface area (Å²) in [4.78, 5) is 13.0. The Kier molecular flexibility index (Phi) is 6.04. The molecule has 2 N–H and O–H groups in total. The van der Waals surface area contributed by atoms with E-state index < -0.39 is 0 Å². The van der Waals surface area contributed by atoms with Crippen molar-refractivity contribution in [1.82, 2.24) is 4.90 Å². The molecule has 102 valence electrons. The Bertz CT molecular complexity index is 436. The van der Waals surface area contributed by atoms with E-state index >= 15 is 0 Å². The van der Waals surface area contributed by atoms with Gasteiger partial charge in [-0.1, -0.05) is 44.2 Å². The van der Waals surface area contributed by atoms with Crippen molar-refractivity contribution in [3.05, 3.63) is 35.9 Å². The zero-order valence-electron chi connectivity index (χ0n) is 11.5. The van der Waals surface area contributed by atoms with E-state index in [1.807, 2.05) is 35.2 Å². The molecule has 0 heterocycles. The summed E-state index contributed by atoms with van der Waals surface area (Å²) in [6, 6.07) is 11.9. The van der Waals surface area contributed by atoms with Gasteiger partial charge in [0.2, 0.25) is 5.91 Å². The molecule has 0 radical (unpaired) electrons. The average Bonchev–Trinajstić information content (AvgIpc) is 2.35. The summed E-state index contributed by atoms with van der Waals surface area (Å²) < 4.78 is 0. The van der Waals surface area contributed by atoms with E-state index in [0.29, 0.717) is 12.5 Å². The van der Waals surface area contributed by atoms with E-state index in [1.54, 1.807) is 0 Å². The van der Waals surface area contributed by atoms with Crippen LogP contribution < -0.4 is 5.73 Å². The van der Waals surface area contributed by atoms with Crippen LogP contribution in [0.4, 0.5) is 0 Å². The molecular weight excluding hydrogens is 238 g/mol. The SMILES string of the molecule is CC(C)CN(CC(N)=O)CC(C#N)c1ccccc1. The van der Waals surface area contributed by atoms with E-state index in [1.165, 1.54) is 0 Å². The van der Waals surface area contributed by atoms with Gasteiger partial charge < -0.3 is 5.73 Å². The number of carbonyl (C=O) groups excluding carboxylic acids is 1. The van der Waals surface area contributed by atoms with Crippen LogP contribution in [-0.4, -0.2) is 30.4 Å². The number of nitrogens with zero attached hydrogens (tertiary/aromatic N) is 2. The molecule has 4 heteroatoms. The smallest absolute Gasteiger partial charge is 0.231 e. The second kappa shape index (κ2) is 7.55. The van der Waals surface area contributed by atoms with Crippen molar-refractivity contribution in [1.29, 1.82) is 5.26 Å². The zero-order chi connectivity index (χ0) is 14.3. The van der Waals surface area contributed by atoms with Crippen LogP contribution in [0.15, 0.2) is 30.3 Å². The fourth-order valence-electron chi connectivity index (χ4n) is 2.10. The fourth-order valence-corrected chi connectivity index (χ4v) is 2.10. The number of hydrogen-bond donors (Lipinski definition) is 1. The highest BCUT2D eigenvalue weighted by Gasteiger charge is 2.17. The van der Waals surface area contributed by atoms with Crippen molar-refractivity contribution < 1.29 is 4.79 Å². The minimum absolute atomic E-state index is 0.198. The van der Waals surface area contributed by atoms with Crippen molar-refractivity contribution in [2.24, 2.45) is 11.7 Å². The standard InChI is InChI=1S/C15H21N3O/c1-12(2)9-18(11-15(17)19)10-14(8-16)13-6-4-3-5-7-13/h3-7,12,14H,9-11H2,1-2H3,(H2,17,19). The number of nitriles is 1. The highest BCUT2D eigenvalue weighted by Crippen LogP contribution is 2.16. The third-order valence-corrected chi connectivity index (χ3v) is 2.80. The fraction of sp³-hybridized carbons (Fsp3) is 0.467. The lowest BCUT2D eigenvalue weighted by atomic mass is 9.99. The summed E-state index contributed by atoms with van der Waals surface area (Å²) in [7, 11) is 0. The molecule has 0 saturated heterocycles. The van der Waals surface area contributed by atoms with Gasteiger partial charge in [0.25, 0.3) is 0 Å². The van der Waals surface area contributed by atoms with Crippen LogP contribution >= 0.6 is 0 Å². The molecule has 1 aromatic carbocycles. The van der Waals surface area contributed by atoms with Crippen LogP contribution in [-0.2, 0) is 4.79 Å². The highest BCUT2D eigenvalue weighted by atomic mass is 16.1. The van der Waals surface area contributed by atoms with Crippen molar-refractivity contribution >= 4 is 5.91 Å². The number of carbonyl (C=O) groups is 1. The molecule has 1 aromatic rings. The number of primary amides is 1. The van der Waals surface area contributed by atoms with Gasteiger partial charge in [-0.3, -0.25) is 9.69 Å². The second-order valence-electron chi connectivity index (χ2n) is 5.15. The monoisotopic (exact) mass is 259 g/mol. The van der Waals surface area contributed by atoms with E-state index in [-0.39, 0.29) is 18.4 Å². The molecule has 1 unspecified atom stereocenters. The molecule has 0 saturated carbocycles. The third-order valence-electron chi connectivity index (χ3n) is 2.80. The molecule has 0 aromatic heterocycles. The Morgan fingerprint density at radius 1 is 1.32 bits per heavy atom. The van der Waals surface area contributed by atoms with E-state index in [4.69, 9.17) is 5.73 Å². The van der Waals surface area contributed by atoms with Crippen molar-refractivity contribution in [2.45, 2.75) is 19.8 Å². The van der Waals surface area contributed by atoms with Crippen LogP contribution in [0.3, 0.4) is 0 Å². The molecular formula is C15H21N3O. The minimum atomic E-state index is -0.356. The first kappa shape index (κ1) is 15.2. The van der Waals surface area contributed by atoms with Gasteiger partial charge in [-0.2, -0.15) is 5.26 Å². The first-order valence-corrected chi connectivity index (χ1v) is 6.48. The van der Waals surface area contributed by atoms with Gasteiger partial charge in [0, 0.05) is 13.1 Å². The number of rotatable bonds is 7. The Hall–Kier alpha value is -1.86.